The van der Waals surface area contributed by atoms with Gasteiger partial charge in [0.25, 0.3) is 0 Å². The SMILES string of the molecule is CC(C)(C)OC(=O)N(Cc1cc(C(F)(F)F)cc(C(F)(F)F)c1)Cc1ccc(O)c2ncccc12. The highest BCUT2D eigenvalue weighted by Gasteiger charge is 2.37. The van der Waals surface area contributed by atoms with Gasteiger partial charge < -0.3 is 9.84 Å². The smallest absolute Gasteiger partial charge is 0.416 e. The summed E-state index contributed by atoms with van der Waals surface area (Å²) in [7, 11) is 0. The Morgan fingerprint density at radius 1 is 0.943 bits per heavy atom. The number of amides is 1. The number of rotatable bonds is 4. The molecule has 1 heterocycles. The first kappa shape index (κ1) is 26.1. The van der Waals surface area contributed by atoms with E-state index >= 15 is 0 Å². The molecule has 0 bridgehead atoms. The number of halogens is 6. The lowest BCUT2D eigenvalue weighted by molar-refractivity contribution is -0.143. The first-order valence-corrected chi connectivity index (χ1v) is 10.4. The van der Waals surface area contributed by atoms with Crippen molar-refractivity contribution in [2.24, 2.45) is 0 Å². The summed E-state index contributed by atoms with van der Waals surface area (Å²) in [5.74, 6) is -0.124. The third-order valence-electron chi connectivity index (χ3n) is 4.87. The van der Waals surface area contributed by atoms with Crippen LogP contribution in [0.4, 0.5) is 31.1 Å². The Morgan fingerprint density at radius 3 is 2.09 bits per heavy atom. The molecule has 1 amide bonds. The molecule has 5 nitrogen and oxygen atoms in total. The molecule has 3 aromatic rings. The number of carbonyl (C=O) groups excluding carboxylic acids is 1. The molecule has 0 aliphatic rings. The van der Waals surface area contributed by atoms with Crippen molar-refractivity contribution in [3.8, 4) is 5.75 Å². The van der Waals surface area contributed by atoms with Gasteiger partial charge in [-0.2, -0.15) is 26.3 Å². The van der Waals surface area contributed by atoms with Crippen molar-refractivity contribution in [3.05, 3.63) is 70.9 Å². The Balaban J connectivity index is 2.07. The minimum atomic E-state index is -5.02. The number of phenols is 1. The highest BCUT2D eigenvalue weighted by atomic mass is 19.4. The maximum Gasteiger partial charge on any atom is 0.416 e. The van der Waals surface area contributed by atoms with Gasteiger partial charge in [-0.15, -0.1) is 0 Å². The number of ether oxygens (including phenoxy) is 1. The number of hydrogen-bond acceptors (Lipinski definition) is 4. The number of fused-ring (bicyclic) bond motifs is 1. The van der Waals surface area contributed by atoms with Crippen LogP contribution in [0.2, 0.25) is 0 Å². The minimum Gasteiger partial charge on any atom is -0.506 e. The fourth-order valence-corrected chi connectivity index (χ4v) is 3.40. The Hall–Kier alpha value is -3.50. The zero-order chi connectivity index (χ0) is 26.2. The summed E-state index contributed by atoms with van der Waals surface area (Å²) in [4.78, 5) is 18.0. The molecule has 11 heteroatoms. The van der Waals surface area contributed by atoms with Crippen LogP contribution in [0.15, 0.2) is 48.7 Å². The van der Waals surface area contributed by atoms with Gasteiger partial charge in [0.05, 0.1) is 17.7 Å². The number of alkyl halides is 6. The second kappa shape index (κ2) is 9.27. The van der Waals surface area contributed by atoms with Crippen LogP contribution in [-0.4, -0.2) is 26.7 Å². The van der Waals surface area contributed by atoms with Gasteiger partial charge >= 0.3 is 18.4 Å². The normalized spacial score (nSPS) is 12.6. The van der Waals surface area contributed by atoms with Crippen LogP contribution >= 0.6 is 0 Å². The number of aromatic hydroxyl groups is 1. The Bertz CT molecular complexity index is 1200. The zero-order valence-electron chi connectivity index (χ0n) is 19.0. The zero-order valence-corrected chi connectivity index (χ0v) is 19.0. The predicted octanol–water partition coefficient (Wildman–Crippen LogP) is 6.92. The molecular formula is C24H22F6N2O3. The van der Waals surface area contributed by atoms with E-state index in [2.05, 4.69) is 4.98 Å². The molecular weight excluding hydrogens is 478 g/mol. The lowest BCUT2D eigenvalue weighted by Crippen LogP contribution is -2.36. The molecule has 0 atom stereocenters. The van der Waals surface area contributed by atoms with E-state index in [4.69, 9.17) is 4.74 Å². The summed E-state index contributed by atoms with van der Waals surface area (Å²) in [6, 6.07) is 7.21. The largest absolute Gasteiger partial charge is 0.506 e. The molecule has 0 spiro atoms. The molecule has 0 fully saturated rings. The summed E-state index contributed by atoms with van der Waals surface area (Å²) in [6.07, 6.45) is -9.54. The van der Waals surface area contributed by atoms with E-state index in [1.807, 2.05) is 0 Å². The van der Waals surface area contributed by atoms with E-state index in [1.54, 1.807) is 32.9 Å². The third kappa shape index (κ3) is 6.55. The lowest BCUT2D eigenvalue weighted by atomic mass is 10.0. The molecule has 0 unspecified atom stereocenters. The maximum absolute atomic E-state index is 13.3. The lowest BCUT2D eigenvalue weighted by Gasteiger charge is -2.28. The number of aromatic nitrogens is 1. The quantitative estimate of drug-likeness (QED) is 0.395. The molecule has 0 aliphatic carbocycles. The van der Waals surface area contributed by atoms with Crippen LogP contribution in [0.3, 0.4) is 0 Å². The van der Waals surface area contributed by atoms with E-state index in [9.17, 15) is 36.2 Å². The van der Waals surface area contributed by atoms with Gasteiger partial charge in [0, 0.05) is 18.1 Å². The van der Waals surface area contributed by atoms with Crippen LogP contribution < -0.4 is 0 Å². The van der Waals surface area contributed by atoms with Crippen molar-refractivity contribution < 1.29 is 41.0 Å². The number of nitrogens with zero attached hydrogens (tertiary/aromatic N) is 2. The number of pyridine rings is 1. The predicted molar refractivity (Wildman–Crippen MR) is 115 cm³/mol. The highest BCUT2D eigenvalue weighted by Crippen LogP contribution is 2.37. The van der Waals surface area contributed by atoms with E-state index in [1.165, 1.54) is 18.3 Å². The van der Waals surface area contributed by atoms with E-state index < -0.39 is 41.7 Å². The molecule has 1 aromatic heterocycles. The second-order valence-corrected chi connectivity index (χ2v) is 8.89. The van der Waals surface area contributed by atoms with Crippen molar-refractivity contribution in [1.29, 1.82) is 0 Å². The number of phenolic OH excluding ortho intramolecular Hbond substituents is 1. The summed E-state index contributed by atoms with van der Waals surface area (Å²) in [5, 5.41) is 10.5. The highest BCUT2D eigenvalue weighted by molar-refractivity contribution is 5.87. The van der Waals surface area contributed by atoms with Gasteiger partial charge in [0.2, 0.25) is 0 Å². The van der Waals surface area contributed by atoms with E-state index in [-0.39, 0.29) is 29.4 Å². The Kier molecular flexibility index (Phi) is 6.92. The molecule has 0 aliphatic heterocycles. The van der Waals surface area contributed by atoms with Gasteiger partial charge in [-0.3, -0.25) is 9.88 Å². The topological polar surface area (TPSA) is 62.7 Å². The Labute approximate surface area is 196 Å². The van der Waals surface area contributed by atoms with Gasteiger partial charge in [0.15, 0.2) is 0 Å². The molecule has 35 heavy (non-hydrogen) atoms. The summed E-state index contributed by atoms with van der Waals surface area (Å²) >= 11 is 0. The summed E-state index contributed by atoms with van der Waals surface area (Å²) in [5.41, 5.74) is -3.62. The van der Waals surface area contributed by atoms with E-state index in [0.717, 1.165) is 4.90 Å². The first-order chi connectivity index (χ1) is 16.0. The van der Waals surface area contributed by atoms with Crippen molar-refractivity contribution >= 4 is 17.0 Å². The second-order valence-electron chi connectivity index (χ2n) is 8.89. The maximum atomic E-state index is 13.3. The molecule has 0 saturated carbocycles. The third-order valence-corrected chi connectivity index (χ3v) is 4.87. The van der Waals surface area contributed by atoms with Crippen molar-refractivity contribution in [2.75, 3.05) is 0 Å². The summed E-state index contributed by atoms with van der Waals surface area (Å²) < 4.78 is 85.2. The minimum absolute atomic E-state index is 0.0282. The average Bonchev–Trinajstić information content (AvgIpc) is 2.72. The van der Waals surface area contributed by atoms with Gasteiger partial charge in [-0.05, 0) is 62.2 Å². The number of carbonyl (C=O) groups is 1. The molecule has 0 radical (unpaired) electrons. The van der Waals surface area contributed by atoms with Crippen molar-refractivity contribution in [3.63, 3.8) is 0 Å². The first-order valence-electron chi connectivity index (χ1n) is 10.4. The fourth-order valence-electron chi connectivity index (χ4n) is 3.40. The average molecular weight is 500 g/mol. The van der Waals surface area contributed by atoms with Crippen LogP contribution in [-0.2, 0) is 30.2 Å². The monoisotopic (exact) mass is 500 g/mol. The summed E-state index contributed by atoms with van der Waals surface area (Å²) in [6.45, 7) is 3.92. The van der Waals surface area contributed by atoms with Crippen molar-refractivity contribution in [1.82, 2.24) is 9.88 Å². The molecule has 1 N–H and O–H groups in total. The van der Waals surface area contributed by atoms with E-state index in [0.29, 0.717) is 23.1 Å². The van der Waals surface area contributed by atoms with Crippen LogP contribution in [0.1, 0.15) is 43.0 Å². The van der Waals surface area contributed by atoms with Crippen molar-refractivity contribution in [2.45, 2.75) is 51.8 Å². The standard InChI is InChI=1S/C24H22F6N2O3/c1-22(2,3)35-21(34)32(13-15-6-7-19(33)20-18(15)5-4-8-31-20)12-14-9-16(23(25,26)27)11-17(10-14)24(28,29)30/h4-11,33H,12-13H2,1-3H3. The molecule has 188 valence electrons. The number of hydrogen-bond donors (Lipinski definition) is 1. The van der Waals surface area contributed by atoms with Gasteiger partial charge in [0.1, 0.15) is 16.9 Å². The molecule has 0 saturated heterocycles. The van der Waals surface area contributed by atoms with Crippen LogP contribution in [0.25, 0.3) is 10.9 Å². The number of benzene rings is 2. The van der Waals surface area contributed by atoms with Crippen LogP contribution in [0, 0.1) is 0 Å². The van der Waals surface area contributed by atoms with Gasteiger partial charge in [-0.1, -0.05) is 12.1 Å². The Morgan fingerprint density at radius 2 is 1.54 bits per heavy atom. The van der Waals surface area contributed by atoms with Gasteiger partial charge in [-0.25, -0.2) is 4.79 Å². The molecule has 2 aromatic carbocycles. The van der Waals surface area contributed by atoms with Crippen LogP contribution in [0.5, 0.6) is 5.75 Å². The fraction of sp³-hybridized carbons (Fsp3) is 0.333. The molecule has 3 rings (SSSR count).